The molecule has 0 radical (unpaired) electrons. The minimum absolute atomic E-state index is 0.111. The monoisotopic (exact) mass is 366 g/mol. The maximum Gasteiger partial charge on any atom is 0.300 e. The van der Waals surface area contributed by atoms with Crippen LogP contribution in [0.5, 0.6) is 5.75 Å². The Kier molecular flexibility index (Phi) is 6.89. The molecule has 0 spiro atoms. The summed E-state index contributed by atoms with van der Waals surface area (Å²) >= 11 is 5.93. The van der Waals surface area contributed by atoms with Gasteiger partial charge in [0.2, 0.25) is 0 Å². The van der Waals surface area contributed by atoms with Crippen molar-refractivity contribution in [1.29, 1.82) is 0 Å². The molecule has 3 N–H and O–H groups in total. The third-order valence-corrected chi connectivity index (χ3v) is 3.25. The molecule has 132 valence electrons. The predicted molar refractivity (Wildman–Crippen MR) is 92.2 cm³/mol. The van der Waals surface area contributed by atoms with Gasteiger partial charge in [-0.25, -0.2) is 0 Å². The van der Waals surface area contributed by atoms with Gasteiger partial charge in [-0.3, -0.25) is 19.7 Å². The van der Waals surface area contributed by atoms with Gasteiger partial charge in [0.1, 0.15) is 5.75 Å². The van der Waals surface area contributed by atoms with Crippen LogP contribution in [0.25, 0.3) is 0 Å². The van der Waals surface area contributed by atoms with Crippen molar-refractivity contribution >= 4 is 34.9 Å². The molecule has 0 aromatic heterocycles. The number of nitrogens with zero attached hydrogens (tertiary/aromatic N) is 1. The number of carboxylic acids is 1. The van der Waals surface area contributed by atoms with Crippen molar-refractivity contribution in [1.82, 2.24) is 0 Å². The van der Waals surface area contributed by atoms with Gasteiger partial charge in [0, 0.05) is 29.6 Å². The molecule has 0 aliphatic carbocycles. The number of aryl methyl sites for hydroxylation is 1. The maximum absolute atomic E-state index is 12.0. The number of nitrogens with one attached hydrogen (secondary N) is 1. The van der Waals surface area contributed by atoms with Gasteiger partial charge in [0.15, 0.2) is 0 Å². The summed E-state index contributed by atoms with van der Waals surface area (Å²) in [5.41, 5.74) is 0.735. The molecule has 25 heavy (non-hydrogen) atoms. The molecule has 1 amide bonds. The summed E-state index contributed by atoms with van der Waals surface area (Å²) in [5.74, 6) is -1.54. The van der Waals surface area contributed by atoms with Gasteiger partial charge in [0.05, 0.1) is 10.6 Å². The van der Waals surface area contributed by atoms with E-state index < -0.39 is 16.8 Å². The zero-order valence-electron chi connectivity index (χ0n) is 13.3. The Bertz CT molecular complexity index is 818. The molecular weight excluding hydrogens is 352 g/mol. The van der Waals surface area contributed by atoms with Gasteiger partial charge in [0.25, 0.3) is 17.6 Å². The van der Waals surface area contributed by atoms with Crippen molar-refractivity contribution in [3.8, 4) is 5.75 Å². The lowest BCUT2D eigenvalue weighted by atomic mass is 10.1. The van der Waals surface area contributed by atoms with Crippen molar-refractivity contribution < 1.29 is 24.7 Å². The van der Waals surface area contributed by atoms with Gasteiger partial charge in [-0.15, -0.1) is 0 Å². The first-order valence-corrected chi connectivity index (χ1v) is 7.24. The molecule has 0 unspecified atom stereocenters. The van der Waals surface area contributed by atoms with Crippen molar-refractivity contribution in [2.75, 3.05) is 5.32 Å². The second kappa shape index (κ2) is 8.65. The summed E-state index contributed by atoms with van der Waals surface area (Å²) in [6, 6.07) is 8.14. The van der Waals surface area contributed by atoms with E-state index >= 15 is 0 Å². The molecule has 2 rings (SSSR count). The average Bonchev–Trinajstić information content (AvgIpc) is 2.52. The number of phenols is 1. The van der Waals surface area contributed by atoms with Crippen molar-refractivity contribution in [2.24, 2.45) is 0 Å². The fraction of sp³-hybridized carbons (Fsp3) is 0.125. The third kappa shape index (κ3) is 6.11. The molecular formula is C16H15ClN2O6. The quantitative estimate of drug-likeness (QED) is 0.432. The molecule has 0 saturated heterocycles. The Balaban J connectivity index is 0.000000705. The fourth-order valence-corrected chi connectivity index (χ4v) is 1.89. The van der Waals surface area contributed by atoms with Crippen LogP contribution in [-0.4, -0.2) is 27.0 Å². The first-order valence-electron chi connectivity index (χ1n) is 6.86. The number of amides is 1. The van der Waals surface area contributed by atoms with Gasteiger partial charge in [-0.1, -0.05) is 17.7 Å². The lowest BCUT2D eigenvalue weighted by Gasteiger charge is -2.09. The number of nitro groups is 1. The van der Waals surface area contributed by atoms with Crippen LogP contribution in [0, 0.1) is 17.0 Å². The number of aliphatic carboxylic acids is 1. The van der Waals surface area contributed by atoms with Crippen LogP contribution in [0.4, 0.5) is 11.4 Å². The highest BCUT2D eigenvalue weighted by Gasteiger charge is 2.14. The first kappa shape index (κ1) is 19.9. The number of hydrogen-bond acceptors (Lipinski definition) is 5. The normalized spacial score (nSPS) is 9.56. The minimum atomic E-state index is -0.833. The lowest BCUT2D eigenvalue weighted by molar-refractivity contribution is -0.384. The molecule has 0 bridgehead atoms. The number of hydrogen-bond donors (Lipinski definition) is 3. The second-order valence-corrected chi connectivity index (χ2v) is 5.31. The van der Waals surface area contributed by atoms with E-state index in [2.05, 4.69) is 5.32 Å². The molecule has 2 aromatic carbocycles. The second-order valence-electron chi connectivity index (χ2n) is 4.90. The zero-order valence-corrected chi connectivity index (χ0v) is 14.1. The highest BCUT2D eigenvalue weighted by Crippen LogP contribution is 2.30. The zero-order chi connectivity index (χ0) is 19.1. The molecule has 0 aliphatic rings. The molecule has 0 aliphatic heterocycles. The van der Waals surface area contributed by atoms with E-state index in [1.165, 1.54) is 30.3 Å². The standard InChI is InChI=1S/C14H11ClN2O4.C2H4O2/c1-8-5-13(18)12(7-11(8)15)16-14(19)9-3-2-4-10(6-9)17(20)21;1-2(3)4/h2-7,18H,1H3,(H,16,19);1H3,(H,3,4). The third-order valence-electron chi connectivity index (χ3n) is 2.84. The number of nitro benzene ring substituents is 1. The summed E-state index contributed by atoms with van der Waals surface area (Å²) in [6.07, 6.45) is 0. The van der Waals surface area contributed by atoms with Crippen LogP contribution in [0.1, 0.15) is 22.8 Å². The van der Waals surface area contributed by atoms with E-state index in [0.29, 0.717) is 10.6 Å². The highest BCUT2D eigenvalue weighted by atomic mass is 35.5. The van der Waals surface area contributed by atoms with E-state index in [-0.39, 0.29) is 22.7 Å². The Hall–Kier alpha value is -3.13. The number of benzene rings is 2. The highest BCUT2D eigenvalue weighted by molar-refractivity contribution is 6.31. The Labute approximate surface area is 147 Å². The van der Waals surface area contributed by atoms with Crippen molar-refractivity contribution in [3.63, 3.8) is 0 Å². The van der Waals surface area contributed by atoms with Gasteiger partial charge in [-0.2, -0.15) is 0 Å². The minimum Gasteiger partial charge on any atom is -0.506 e. The Morgan fingerprint density at radius 1 is 1.24 bits per heavy atom. The van der Waals surface area contributed by atoms with E-state index in [0.717, 1.165) is 13.0 Å². The van der Waals surface area contributed by atoms with Gasteiger partial charge in [-0.05, 0) is 30.7 Å². The number of carbonyl (C=O) groups is 2. The predicted octanol–water partition coefficient (Wildman–Crippen LogP) is 3.61. The Morgan fingerprint density at radius 2 is 1.84 bits per heavy atom. The van der Waals surface area contributed by atoms with E-state index in [1.54, 1.807) is 6.92 Å². The number of rotatable bonds is 3. The van der Waals surface area contributed by atoms with Crippen LogP contribution in [0.15, 0.2) is 36.4 Å². The van der Waals surface area contributed by atoms with Crippen LogP contribution < -0.4 is 5.32 Å². The summed E-state index contributed by atoms with van der Waals surface area (Å²) < 4.78 is 0. The number of halogens is 1. The van der Waals surface area contributed by atoms with E-state index in [1.807, 2.05) is 0 Å². The molecule has 8 nitrogen and oxygen atoms in total. The summed E-state index contributed by atoms with van der Waals surface area (Å²) in [6.45, 7) is 2.80. The lowest BCUT2D eigenvalue weighted by Crippen LogP contribution is -2.12. The van der Waals surface area contributed by atoms with Crippen LogP contribution >= 0.6 is 11.6 Å². The average molecular weight is 367 g/mol. The Morgan fingerprint density at radius 3 is 2.40 bits per heavy atom. The summed E-state index contributed by atoms with van der Waals surface area (Å²) in [5, 5.41) is 30.7. The van der Waals surface area contributed by atoms with E-state index in [9.17, 15) is 20.0 Å². The maximum atomic E-state index is 12.0. The van der Waals surface area contributed by atoms with E-state index in [4.69, 9.17) is 21.5 Å². The molecule has 9 heteroatoms. The van der Waals surface area contributed by atoms with Gasteiger partial charge >= 0.3 is 0 Å². The number of non-ortho nitro benzene ring substituents is 1. The molecule has 0 atom stereocenters. The number of phenolic OH excluding ortho intramolecular Hbond substituents is 1. The molecule has 0 fully saturated rings. The van der Waals surface area contributed by atoms with Gasteiger partial charge < -0.3 is 15.5 Å². The largest absolute Gasteiger partial charge is 0.506 e. The van der Waals surface area contributed by atoms with Crippen LogP contribution in [0.3, 0.4) is 0 Å². The summed E-state index contributed by atoms with van der Waals surface area (Å²) in [4.78, 5) is 31.1. The van der Waals surface area contributed by atoms with Crippen molar-refractivity contribution in [2.45, 2.75) is 13.8 Å². The topological polar surface area (TPSA) is 130 Å². The van der Waals surface area contributed by atoms with Crippen LogP contribution in [-0.2, 0) is 4.79 Å². The first-order chi connectivity index (χ1) is 11.6. The number of aromatic hydroxyl groups is 1. The molecule has 2 aromatic rings. The van der Waals surface area contributed by atoms with Crippen LogP contribution in [0.2, 0.25) is 5.02 Å². The summed E-state index contributed by atoms with van der Waals surface area (Å²) in [7, 11) is 0. The van der Waals surface area contributed by atoms with Crippen molar-refractivity contribution in [3.05, 3.63) is 62.7 Å². The smallest absolute Gasteiger partial charge is 0.300 e. The number of carbonyl (C=O) groups excluding carboxylic acids is 1. The molecule has 0 saturated carbocycles. The molecule has 0 heterocycles. The number of anilines is 1. The fourth-order valence-electron chi connectivity index (χ4n) is 1.72. The number of carboxylic acid groups (broad SMARTS) is 1. The SMILES string of the molecule is CC(=O)O.Cc1cc(O)c(NC(=O)c2cccc([N+](=O)[O-])c2)cc1Cl.